The zero-order chi connectivity index (χ0) is 15.7. The summed E-state index contributed by atoms with van der Waals surface area (Å²) in [5.41, 5.74) is 0.937. The molecule has 0 unspecified atom stereocenters. The maximum Gasteiger partial charge on any atom is 0.243 e. The lowest BCUT2D eigenvalue weighted by Gasteiger charge is -2.40. The van der Waals surface area contributed by atoms with Gasteiger partial charge in [0.2, 0.25) is 11.8 Å². The van der Waals surface area contributed by atoms with E-state index in [4.69, 9.17) is 4.74 Å². The number of fused-ring (bicyclic) bond motifs is 1. The highest BCUT2D eigenvalue weighted by molar-refractivity contribution is 5.92. The van der Waals surface area contributed by atoms with Gasteiger partial charge in [0.1, 0.15) is 11.8 Å². The molecule has 1 aromatic rings. The van der Waals surface area contributed by atoms with Gasteiger partial charge in [-0.25, -0.2) is 0 Å². The lowest BCUT2D eigenvalue weighted by molar-refractivity contribution is -0.146. The van der Waals surface area contributed by atoms with Crippen molar-refractivity contribution in [2.75, 3.05) is 19.7 Å². The zero-order valence-electron chi connectivity index (χ0n) is 13.0. The van der Waals surface area contributed by atoms with E-state index >= 15 is 0 Å². The average Bonchev–Trinajstić information content (AvgIpc) is 2.53. The number of hydrogen-bond acceptors (Lipinski definition) is 3. The molecule has 118 valence electrons. The second-order valence-corrected chi connectivity index (χ2v) is 6.24. The molecule has 0 radical (unpaired) electrons. The van der Waals surface area contributed by atoms with Crippen molar-refractivity contribution in [1.29, 1.82) is 0 Å². The van der Waals surface area contributed by atoms with Crippen molar-refractivity contribution < 1.29 is 14.3 Å². The number of hydrogen-bond donors (Lipinski definition) is 1. The largest absolute Gasteiger partial charge is 0.493 e. The number of carbonyl (C=O) groups is 2. The van der Waals surface area contributed by atoms with Crippen LogP contribution >= 0.6 is 0 Å². The molecule has 2 amide bonds. The van der Waals surface area contributed by atoms with Crippen LogP contribution in [0.3, 0.4) is 0 Å². The molecule has 3 rings (SSSR count). The molecule has 1 N–H and O–H groups in total. The van der Waals surface area contributed by atoms with Crippen LogP contribution < -0.4 is 10.1 Å². The smallest absolute Gasteiger partial charge is 0.243 e. The number of rotatable bonds is 2. The highest BCUT2D eigenvalue weighted by Crippen LogP contribution is 2.35. The Labute approximate surface area is 130 Å². The number of piperazine rings is 1. The van der Waals surface area contributed by atoms with E-state index < -0.39 is 0 Å². The first-order chi connectivity index (χ1) is 10.6. The molecule has 2 atom stereocenters. The van der Waals surface area contributed by atoms with Crippen molar-refractivity contribution in [3.05, 3.63) is 29.8 Å². The third-order valence-electron chi connectivity index (χ3n) is 4.43. The van der Waals surface area contributed by atoms with Gasteiger partial charge in [0.15, 0.2) is 0 Å². The molecular formula is C17H22N2O3. The van der Waals surface area contributed by atoms with Gasteiger partial charge in [0, 0.05) is 18.7 Å². The van der Waals surface area contributed by atoms with Crippen molar-refractivity contribution in [1.82, 2.24) is 10.2 Å². The van der Waals surface area contributed by atoms with Crippen LogP contribution in [0.15, 0.2) is 24.3 Å². The van der Waals surface area contributed by atoms with Crippen LogP contribution in [-0.2, 0) is 9.59 Å². The van der Waals surface area contributed by atoms with E-state index in [9.17, 15) is 9.59 Å². The fourth-order valence-electron chi connectivity index (χ4n) is 3.39. The van der Waals surface area contributed by atoms with Gasteiger partial charge in [0.05, 0.1) is 12.5 Å². The number of para-hydroxylation sites is 1. The molecular weight excluding hydrogens is 280 g/mol. The number of ether oxygens (including phenoxy) is 1. The van der Waals surface area contributed by atoms with Crippen LogP contribution in [-0.4, -0.2) is 42.5 Å². The zero-order valence-corrected chi connectivity index (χ0v) is 13.0. The Bertz CT molecular complexity index is 585. The molecule has 0 bridgehead atoms. The van der Waals surface area contributed by atoms with Crippen LogP contribution in [0.1, 0.15) is 31.7 Å². The summed E-state index contributed by atoms with van der Waals surface area (Å²) in [4.78, 5) is 27.0. The van der Waals surface area contributed by atoms with Gasteiger partial charge in [-0.1, -0.05) is 32.0 Å². The average molecular weight is 302 g/mol. The highest BCUT2D eigenvalue weighted by atomic mass is 16.5. The first-order valence-corrected chi connectivity index (χ1v) is 7.89. The summed E-state index contributed by atoms with van der Waals surface area (Å²) in [5, 5.41) is 2.86. The minimum Gasteiger partial charge on any atom is -0.493 e. The molecule has 5 nitrogen and oxygen atoms in total. The second kappa shape index (κ2) is 5.99. The van der Waals surface area contributed by atoms with Crippen LogP contribution in [0.2, 0.25) is 0 Å². The first-order valence-electron chi connectivity index (χ1n) is 7.89. The van der Waals surface area contributed by atoms with Crippen LogP contribution in [0.5, 0.6) is 5.75 Å². The first kappa shape index (κ1) is 14.9. The monoisotopic (exact) mass is 302 g/mol. The fraction of sp³-hybridized carbons (Fsp3) is 0.529. The number of amides is 2. The third-order valence-corrected chi connectivity index (χ3v) is 4.43. The van der Waals surface area contributed by atoms with Crippen molar-refractivity contribution in [3.63, 3.8) is 0 Å². The second-order valence-electron chi connectivity index (χ2n) is 6.24. The molecule has 22 heavy (non-hydrogen) atoms. The predicted octanol–water partition coefficient (Wildman–Crippen LogP) is 1.54. The Kier molecular flexibility index (Phi) is 4.05. The molecule has 1 saturated heterocycles. The molecule has 2 aliphatic rings. The Morgan fingerprint density at radius 2 is 2.14 bits per heavy atom. The molecule has 0 aromatic heterocycles. The van der Waals surface area contributed by atoms with Crippen LogP contribution in [0.25, 0.3) is 0 Å². The fourth-order valence-corrected chi connectivity index (χ4v) is 3.39. The number of carbonyl (C=O) groups excluding carboxylic acids is 2. The highest BCUT2D eigenvalue weighted by Gasteiger charge is 2.39. The molecule has 1 fully saturated rings. The van der Waals surface area contributed by atoms with Crippen molar-refractivity contribution in [2.45, 2.75) is 32.2 Å². The minimum atomic E-state index is -0.378. The normalized spacial score (nSPS) is 24.5. The van der Waals surface area contributed by atoms with Gasteiger partial charge in [-0.15, -0.1) is 0 Å². The lowest BCUT2D eigenvalue weighted by Crippen LogP contribution is -2.60. The summed E-state index contributed by atoms with van der Waals surface area (Å²) in [6.07, 6.45) is 0.665. The molecule has 0 saturated carbocycles. The Hall–Kier alpha value is -2.04. The van der Waals surface area contributed by atoms with Gasteiger partial charge < -0.3 is 15.0 Å². The topological polar surface area (TPSA) is 58.6 Å². The van der Waals surface area contributed by atoms with Crippen LogP contribution in [0.4, 0.5) is 0 Å². The predicted molar refractivity (Wildman–Crippen MR) is 82.6 cm³/mol. The summed E-state index contributed by atoms with van der Waals surface area (Å²) in [6.45, 7) is 5.60. The molecule has 0 spiro atoms. The Morgan fingerprint density at radius 3 is 2.91 bits per heavy atom. The van der Waals surface area contributed by atoms with E-state index in [1.54, 1.807) is 4.90 Å². The summed E-state index contributed by atoms with van der Waals surface area (Å²) in [6, 6.07) is 7.31. The quantitative estimate of drug-likeness (QED) is 0.901. The van der Waals surface area contributed by atoms with Gasteiger partial charge in [-0.3, -0.25) is 9.59 Å². The summed E-state index contributed by atoms with van der Waals surface area (Å²) in [7, 11) is 0. The molecule has 5 heteroatoms. The van der Waals surface area contributed by atoms with E-state index in [1.807, 2.05) is 38.1 Å². The van der Waals surface area contributed by atoms with Crippen molar-refractivity contribution in [2.24, 2.45) is 5.92 Å². The molecule has 2 aliphatic heterocycles. The van der Waals surface area contributed by atoms with Crippen molar-refractivity contribution >= 4 is 11.8 Å². The minimum absolute atomic E-state index is 0.0456. The van der Waals surface area contributed by atoms with Gasteiger partial charge in [-0.2, -0.15) is 0 Å². The van der Waals surface area contributed by atoms with Crippen molar-refractivity contribution in [3.8, 4) is 5.75 Å². The number of benzene rings is 1. The van der Waals surface area contributed by atoms with Gasteiger partial charge in [-0.05, 0) is 18.4 Å². The van der Waals surface area contributed by atoms with E-state index in [1.165, 1.54) is 0 Å². The summed E-state index contributed by atoms with van der Waals surface area (Å²) < 4.78 is 5.64. The Balaban J connectivity index is 1.89. The maximum atomic E-state index is 13.1. The standard InChI is InChI=1S/C17H22N2O3/c1-11(2)15-16(20)18-8-9-19(15)17(21)13-7-10-22-14-6-4-3-5-12(13)14/h3-6,11,13,15H,7-10H2,1-2H3,(H,18,20)/t13-,15-/m0/s1. The molecule has 1 aromatic carbocycles. The molecule has 0 aliphatic carbocycles. The summed E-state index contributed by atoms with van der Waals surface area (Å²) in [5.74, 6) is 0.672. The van der Waals surface area contributed by atoms with Gasteiger partial charge >= 0.3 is 0 Å². The maximum absolute atomic E-state index is 13.1. The number of nitrogens with zero attached hydrogens (tertiary/aromatic N) is 1. The summed E-state index contributed by atoms with van der Waals surface area (Å²) >= 11 is 0. The van der Waals surface area contributed by atoms with E-state index in [2.05, 4.69) is 5.32 Å². The van der Waals surface area contributed by atoms with E-state index in [-0.39, 0.29) is 29.7 Å². The van der Waals surface area contributed by atoms with E-state index in [0.29, 0.717) is 26.1 Å². The SMILES string of the molecule is CC(C)[C@H]1C(=O)NCCN1C(=O)[C@H]1CCOc2ccccc21. The Morgan fingerprint density at radius 1 is 1.36 bits per heavy atom. The lowest BCUT2D eigenvalue weighted by atomic mass is 9.89. The van der Waals surface area contributed by atoms with E-state index in [0.717, 1.165) is 11.3 Å². The third kappa shape index (κ3) is 2.56. The van der Waals surface area contributed by atoms with Crippen LogP contribution in [0, 0.1) is 5.92 Å². The van der Waals surface area contributed by atoms with Gasteiger partial charge in [0.25, 0.3) is 0 Å². The molecule has 2 heterocycles. The number of nitrogens with one attached hydrogen (secondary N) is 1.